The summed E-state index contributed by atoms with van der Waals surface area (Å²) >= 11 is 0. The van der Waals surface area contributed by atoms with E-state index in [1.165, 1.54) is 6.33 Å². The van der Waals surface area contributed by atoms with Crippen LogP contribution in [0.4, 0.5) is 0 Å². The Bertz CT molecular complexity index is 265. The number of nitrogens with one attached hydrogen (secondary N) is 3. The van der Waals surface area contributed by atoms with Gasteiger partial charge in [0.2, 0.25) is 5.96 Å². The van der Waals surface area contributed by atoms with Gasteiger partial charge >= 0.3 is 0 Å². The molecular formula is C6H13N7. The minimum Gasteiger partial charge on any atom is -0.346 e. The Morgan fingerprint density at radius 1 is 1.77 bits per heavy atom. The van der Waals surface area contributed by atoms with Crippen LogP contribution in [0.2, 0.25) is 0 Å². The van der Waals surface area contributed by atoms with Crippen molar-refractivity contribution < 1.29 is 0 Å². The molecule has 0 amide bonds. The van der Waals surface area contributed by atoms with Crippen molar-refractivity contribution >= 4 is 5.96 Å². The van der Waals surface area contributed by atoms with Crippen molar-refractivity contribution in [2.75, 3.05) is 7.05 Å². The lowest BCUT2D eigenvalue weighted by atomic mass is 10.3. The Hall–Kier alpha value is -1.63. The molecule has 0 saturated heterocycles. The van der Waals surface area contributed by atoms with Crippen LogP contribution in [0, 0.1) is 0 Å². The molecule has 0 aliphatic carbocycles. The normalized spacial score (nSPS) is 13.9. The minimum atomic E-state index is -0.0164. The third-order valence-corrected chi connectivity index (χ3v) is 1.56. The first kappa shape index (κ1) is 9.46. The second-order valence-electron chi connectivity index (χ2n) is 2.45. The van der Waals surface area contributed by atoms with Gasteiger partial charge in [0.05, 0.1) is 6.04 Å². The summed E-state index contributed by atoms with van der Waals surface area (Å²) in [5, 5.41) is 9.48. The van der Waals surface area contributed by atoms with Crippen LogP contribution >= 0.6 is 0 Å². The van der Waals surface area contributed by atoms with Crippen LogP contribution in [-0.4, -0.2) is 28.2 Å². The van der Waals surface area contributed by atoms with Crippen molar-refractivity contribution in [3.63, 3.8) is 0 Å². The molecule has 0 spiro atoms. The molecule has 5 N–H and O–H groups in total. The van der Waals surface area contributed by atoms with Crippen LogP contribution < -0.4 is 16.6 Å². The number of aromatic amines is 1. The average Bonchev–Trinajstić information content (AvgIpc) is 2.66. The van der Waals surface area contributed by atoms with E-state index in [0.717, 1.165) is 5.82 Å². The summed E-state index contributed by atoms with van der Waals surface area (Å²) in [6.45, 7) is 1.92. The molecular weight excluding hydrogens is 170 g/mol. The zero-order valence-corrected chi connectivity index (χ0v) is 7.57. The molecule has 1 atom stereocenters. The maximum absolute atomic E-state index is 5.20. The van der Waals surface area contributed by atoms with Gasteiger partial charge in [-0.15, -0.1) is 0 Å². The van der Waals surface area contributed by atoms with Crippen LogP contribution in [-0.2, 0) is 0 Å². The predicted octanol–water partition coefficient (Wildman–Crippen LogP) is -1.10. The van der Waals surface area contributed by atoms with Gasteiger partial charge in [-0.3, -0.25) is 15.5 Å². The second-order valence-corrected chi connectivity index (χ2v) is 2.45. The molecule has 0 aromatic carbocycles. The largest absolute Gasteiger partial charge is 0.346 e. The van der Waals surface area contributed by atoms with Gasteiger partial charge in [-0.1, -0.05) is 0 Å². The first-order valence-electron chi connectivity index (χ1n) is 3.83. The Balaban J connectivity index is 2.55. The molecule has 1 unspecified atom stereocenters. The highest BCUT2D eigenvalue weighted by molar-refractivity contribution is 5.79. The van der Waals surface area contributed by atoms with Crippen molar-refractivity contribution in [2.24, 2.45) is 10.8 Å². The molecule has 7 heteroatoms. The highest BCUT2D eigenvalue weighted by Gasteiger charge is 2.08. The number of aromatic nitrogens is 3. The Labute approximate surface area is 75.8 Å². The number of H-pyrrole nitrogens is 1. The van der Waals surface area contributed by atoms with Crippen molar-refractivity contribution in [1.82, 2.24) is 25.9 Å². The molecule has 13 heavy (non-hydrogen) atoms. The fourth-order valence-electron chi connectivity index (χ4n) is 0.868. The molecule has 1 aromatic rings. The van der Waals surface area contributed by atoms with Crippen molar-refractivity contribution in [3.8, 4) is 0 Å². The van der Waals surface area contributed by atoms with Crippen LogP contribution in [0.15, 0.2) is 11.3 Å². The van der Waals surface area contributed by atoms with E-state index in [9.17, 15) is 0 Å². The summed E-state index contributed by atoms with van der Waals surface area (Å²) in [6, 6.07) is -0.0164. The van der Waals surface area contributed by atoms with Crippen LogP contribution in [0.1, 0.15) is 18.8 Å². The standard InChI is InChI=1S/C6H13N7/c1-4(5-9-3-10-13-5)11-6(8-2)12-7/h3-4H,7H2,1-2H3,(H2,8,11,12)(H,9,10,13). The van der Waals surface area contributed by atoms with Gasteiger partial charge in [0.25, 0.3) is 0 Å². The Morgan fingerprint density at radius 3 is 3.00 bits per heavy atom. The summed E-state index contributed by atoms with van der Waals surface area (Å²) in [6.07, 6.45) is 1.45. The summed E-state index contributed by atoms with van der Waals surface area (Å²) in [5.41, 5.74) is 2.42. The first-order valence-corrected chi connectivity index (χ1v) is 3.83. The number of aliphatic imine (C=N–C) groups is 1. The summed E-state index contributed by atoms with van der Waals surface area (Å²) in [7, 11) is 1.63. The van der Waals surface area contributed by atoms with E-state index in [1.807, 2.05) is 6.92 Å². The lowest BCUT2D eigenvalue weighted by molar-refractivity contribution is 0.649. The fraction of sp³-hybridized carbons (Fsp3) is 0.500. The minimum absolute atomic E-state index is 0.0164. The SMILES string of the molecule is CN=C(NN)NC(C)c1ncn[nH]1. The number of nitrogens with zero attached hydrogens (tertiary/aromatic N) is 3. The van der Waals surface area contributed by atoms with Crippen molar-refractivity contribution in [1.29, 1.82) is 0 Å². The second kappa shape index (κ2) is 4.41. The van der Waals surface area contributed by atoms with Gasteiger partial charge in [-0.05, 0) is 6.92 Å². The van der Waals surface area contributed by atoms with Gasteiger partial charge in [0.15, 0.2) is 0 Å². The number of hydrogen-bond acceptors (Lipinski definition) is 4. The highest BCUT2D eigenvalue weighted by Crippen LogP contribution is 2.02. The number of hydrazine groups is 1. The zero-order chi connectivity index (χ0) is 9.68. The summed E-state index contributed by atoms with van der Waals surface area (Å²) in [5.74, 6) is 6.43. The lowest BCUT2D eigenvalue weighted by Gasteiger charge is -2.12. The maximum atomic E-state index is 5.20. The van der Waals surface area contributed by atoms with Crippen LogP contribution in [0.25, 0.3) is 0 Å². The summed E-state index contributed by atoms with van der Waals surface area (Å²) < 4.78 is 0. The predicted molar refractivity (Wildman–Crippen MR) is 48.6 cm³/mol. The third kappa shape index (κ3) is 2.41. The quantitative estimate of drug-likeness (QED) is 0.202. The molecule has 0 aliphatic rings. The molecule has 7 nitrogen and oxygen atoms in total. The molecule has 0 bridgehead atoms. The van der Waals surface area contributed by atoms with E-state index in [-0.39, 0.29) is 6.04 Å². The lowest BCUT2D eigenvalue weighted by Crippen LogP contribution is -2.42. The van der Waals surface area contributed by atoms with Crippen molar-refractivity contribution in [3.05, 3.63) is 12.2 Å². The molecule has 1 heterocycles. The van der Waals surface area contributed by atoms with Gasteiger partial charge in [0.1, 0.15) is 12.2 Å². The monoisotopic (exact) mass is 183 g/mol. The van der Waals surface area contributed by atoms with Gasteiger partial charge in [-0.25, -0.2) is 10.8 Å². The van der Waals surface area contributed by atoms with E-state index in [1.54, 1.807) is 7.05 Å². The number of guanidine groups is 1. The molecule has 0 fully saturated rings. The van der Waals surface area contributed by atoms with E-state index in [2.05, 4.69) is 30.9 Å². The average molecular weight is 183 g/mol. The van der Waals surface area contributed by atoms with E-state index in [4.69, 9.17) is 5.84 Å². The molecule has 1 aromatic heterocycles. The topological polar surface area (TPSA) is 104 Å². The van der Waals surface area contributed by atoms with Gasteiger partial charge < -0.3 is 5.32 Å². The van der Waals surface area contributed by atoms with Gasteiger partial charge in [0, 0.05) is 7.05 Å². The Kier molecular flexibility index (Phi) is 3.21. The highest BCUT2D eigenvalue weighted by atomic mass is 15.3. The summed E-state index contributed by atoms with van der Waals surface area (Å²) in [4.78, 5) is 7.85. The zero-order valence-electron chi connectivity index (χ0n) is 7.57. The number of rotatable bonds is 2. The molecule has 1 rings (SSSR count). The number of nitrogens with two attached hydrogens (primary N) is 1. The van der Waals surface area contributed by atoms with Crippen molar-refractivity contribution in [2.45, 2.75) is 13.0 Å². The fourth-order valence-corrected chi connectivity index (χ4v) is 0.868. The molecule has 0 radical (unpaired) electrons. The van der Waals surface area contributed by atoms with Gasteiger partial charge in [-0.2, -0.15) is 5.10 Å². The third-order valence-electron chi connectivity index (χ3n) is 1.56. The maximum Gasteiger partial charge on any atom is 0.206 e. The van der Waals surface area contributed by atoms with E-state index in [0.29, 0.717) is 5.96 Å². The van der Waals surface area contributed by atoms with Crippen LogP contribution in [0.5, 0.6) is 0 Å². The van der Waals surface area contributed by atoms with E-state index < -0.39 is 0 Å². The Morgan fingerprint density at radius 2 is 2.54 bits per heavy atom. The molecule has 0 aliphatic heterocycles. The van der Waals surface area contributed by atoms with Crippen LogP contribution in [0.3, 0.4) is 0 Å². The molecule has 72 valence electrons. The smallest absolute Gasteiger partial charge is 0.206 e. The molecule has 0 saturated carbocycles. The first-order chi connectivity index (χ1) is 6.27. The number of hydrogen-bond donors (Lipinski definition) is 4. The van der Waals surface area contributed by atoms with E-state index >= 15 is 0 Å².